The van der Waals surface area contributed by atoms with Crippen LogP contribution in [-0.4, -0.2) is 19.8 Å². The second kappa shape index (κ2) is 7.15. The summed E-state index contributed by atoms with van der Waals surface area (Å²) in [7, 11) is 1.59. The molecule has 1 heterocycles. The first-order valence-electron chi connectivity index (χ1n) is 8.73. The zero-order valence-electron chi connectivity index (χ0n) is 15.9. The molecule has 0 radical (unpaired) electrons. The first-order valence-corrected chi connectivity index (χ1v) is 8.73. The van der Waals surface area contributed by atoms with Crippen LogP contribution in [0.15, 0.2) is 35.1 Å². The van der Waals surface area contributed by atoms with E-state index in [9.17, 15) is 4.79 Å². The van der Waals surface area contributed by atoms with Crippen LogP contribution in [0.1, 0.15) is 34.7 Å². The third-order valence-corrected chi connectivity index (χ3v) is 4.74. The quantitative estimate of drug-likeness (QED) is 0.708. The molecule has 0 unspecified atom stereocenters. The lowest BCUT2D eigenvalue weighted by atomic mass is 10.0. The van der Waals surface area contributed by atoms with E-state index in [0.717, 1.165) is 28.9 Å². The summed E-state index contributed by atoms with van der Waals surface area (Å²) in [4.78, 5) is 12.3. The fraction of sp³-hybridized carbons (Fsp3) is 0.350. The van der Waals surface area contributed by atoms with Gasteiger partial charge in [0.05, 0.1) is 5.69 Å². The van der Waals surface area contributed by atoms with Gasteiger partial charge in [0.15, 0.2) is 0 Å². The maximum absolute atomic E-state index is 12.3. The Hall–Kier alpha value is -2.89. The summed E-state index contributed by atoms with van der Waals surface area (Å²) in [6, 6.07) is 10.1. The predicted molar refractivity (Wildman–Crippen MR) is 101 cm³/mol. The van der Waals surface area contributed by atoms with Crippen LogP contribution in [0.25, 0.3) is 5.69 Å². The molecule has 26 heavy (non-hydrogen) atoms. The molecule has 3 aromatic rings. The molecular weight excluding hydrogens is 328 g/mol. The second-order valence-corrected chi connectivity index (χ2v) is 6.56. The normalized spacial score (nSPS) is 11.0. The Morgan fingerprint density at radius 1 is 1.04 bits per heavy atom. The monoisotopic (exact) mass is 352 g/mol. The average molecular weight is 352 g/mol. The highest BCUT2D eigenvalue weighted by Gasteiger charge is 2.15. The maximum Gasteiger partial charge on any atom is 0.368 e. The molecule has 2 aromatic carbocycles. The van der Waals surface area contributed by atoms with Crippen molar-refractivity contribution < 1.29 is 4.74 Å². The van der Waals surface area contributed by atoms with Gasteiger partial charge in [0.25, 0.3) is 0 Å². The third kappa shape index (κ3) is 3.27. The molecule has 6 heteroatoms. The van der Waals surface area contributed by atoms with Crippen molar-refractivity contribution in [3.63, 3.8) is 0 Å². The van der Waals surface area contributed by atoms with Crippen LogP contribution >= 0.6 is 0 Å². The lowest BCUT2D eigenvalue weighted by Crippen LogP contribution is -2.23. The molecule has 0 saturated carbocycles. The Labute approximate surface area is 153 Å². The van der Waals surface area contributed by atoms with Crippen LogP contribution in [0.5, 0.6) is 5.75 Å². The van der Waals surface area contributed by atoms with Crippen molar-refractivity contribution in [3.05, 3.63) is 68.6 Å². The Kier molecular flexibility index (Phi) is 4.93. The van der Waals surface area contributed by atoms with E-state index >= 15 is 0 Å². The van der Waals surface area contributed by atoms with Crippen molar-refractivity contribution in [2.45, 2.75) is 40.7 Å². The van der Waals surface area contributed by atoms with Crippen LogP contribution in [-0.2, 0) is 20.1 Å². The van der Waals surface area contributed by atoms with E-state index in [1.165, 1.54) is 20.5 Å². The molecular formula is C20H24N4O2. The molecule has 1 aromatic heterocycles. The van der Waals surface area contributed by atoms with Crippen LogP contribution in [0.4, 0.5) is 0 Å². The molecule has 6 nitrogen and oxygen atoms in total. The zero-order chi connectivity index (χ0) is 18.8. The molecule has 0 aliphatic heterocycles. The summed E-state index contributed by atoms with van der Waals surface area (Å²) in [5.41, 5.74) is 6.05. The fourth-order valence-electron chi connectivity index (χ4n) is 3.02. The van der Waals surface area contributed by atoms with E-state index in [4.69, 9.17) is 4.74 Å². The minimum atomic E-state index is -0.276. The second-order valence-electron chi connectivity index (χ2n) is 6.56. The molecule has 3 rings (SSSR count). The number of ether oxygens (including phenoxy) is 1. The topological polar surface area (TPSA) is 61.9 Å². The van der Waals surface area contributed by atoms with Crippen molar-refractivity contribution in [3.8, 4) is 11.4 Å². The van der Waals surface area contributed by atoms with E-state index in [0.29, 0.717) is 12.3 Å². The predicted octanol–water partition coefficient (Wildman–Crippen LogP) is 3.03. The standard InChI is InChI=1S/C20H24N4O2/c1-6-16-8-7-9-18(24-20(25)23(5)21-22-24)17(16)12-26-19-11-14(3)13(2)10-15(19)4/h7-11H,6,12H2,1-5H3. The zero-order valence-corrected chi connectivity index (χ0v) is 15.9. The third-order valence-electron chi connectivity index (χ3n) is 4.74. The maximum atomic E-state index is 12.3. The van der Waals surface area contributed by atoms with Gasteiger partial charge in [-0.1, -0.05) is 25.1 Å². The van der Waals surface area contributed by atoms with E-state index in [1.54, 1.807) is 7.05 Å². The molecule has 0 atom stereocenters. The molecule has 0 amide bonds. The summed E-state index contributed by atoms with van der Waals surface area (Å²) in [5, 5.41) is 7.80. The fourth-order valence-corrected chi connectivity index (χ4v) is 3.02. The molecule has 0 aliphatic rings. The van der Waals surface area contributed by atoms with Gasteiger partial charge >= 0.3 is 5.69 Å². The van der Waals surface area contributed by atoms with Crippen LogP contribution in [0.2, 0.25) is 0 Å². The van der Waals surface area contributed by atoms with Gasteiger partial charge in [-0.05, 0) is 72.0 Å². The SMILES string of the molecule is CCc1cccc(-n2nnn(C)c2=O)c1COc1cc(C)c(C)cc1C. The first kappa shape index (κ1) is 17.9. The molecule has 0 aliphatic carbocycles. The van der Waals surface area contributed by atoms with Gasteiger partial charge < -0.3 is 4.74 Å². The first-order chi connectivity index (χ1) is 12.4. The van der Waals surface area contributed by atoms with Gasteiger partial charge in [0.2, 0.25) is 0 Å². The van der Waals surface area contributed by atoms with E-state index < -0.39 is 0 Å². The number of hydrogen-bond donors (Lipinski definition) is 0. The van der Waals surface area contributed by atoms with Gasteiger partial charge in [-0.2, -0.15) is 9.36 Å². The number of rotatable bonds is 5. The van der Waals surface area contributed by atoms with Crippen molar-refractivity contribution in [1.82, 2.24) is 19.8 Å². The summed E-state index contributed by atoms with van der Waals surface area (Å²) >= 11 is 0. The largest absolute Gasteiger partial charge is 0.489 e. The molecule has 136 valence electrons. The van der Waals surface area contributed by atoms with Crippen LogP contribution < -0.4 is 10.4 Å². The van der Waals surface area contributed by atoms with E-state index in [1.807, 2.05) is 19.1 Å². The highest BCUT2D eigenvalue weighted by molar-refractivity contribution is 5.46. The summed E-state index contributed by atoms with van der Waals surface area (Å²) in [5.74, 6) is 0.858. The molecule has 0 saturated heterocycles. The molecule has 0 N–H and O–H groups in total. The number of hydrogen-bond acceptors (Lipinski definition) is 4. The van der Waals surface area contributed by atoms with Crippen molar-refractivity contribution in [2.75, 3.05) is 0 Å². The smallest absolute Gasteiger partial charge is 0.368 e. The Balaban J connectivity index is 2.01. The minimum Gasteiger partial charge on any atom is -0.489 e. The minimum absolute atomic E-state index is 0.276. The summed E-state index contributed by atoms with van der Waals surface area (Å²) in [6.45, 7) is 8.67. The summed E-state index contributed by atoms with van der Waals surface area (Å²) < 4.78 is 8.68. The molecule has 0 bridgehead atoms. The van der Waals surface area contributed by atoms with Crippen molar-refractivity contribution in [2.24, 2.45) is 7.05 Å². The van der Waals surface area contributed by atoms with Crippen molar-refractivity contribution >= 4 is 0 Å². The Morgan fingerprint density at radius 2 is 1.77 bits per heavy atom. The number of tetrazole rings is 1. The lowest BCUT2D eigenvalue weighted by molar-refractivity contribution is 0.302. The highest BCUT2D eigenvalue weighted by Crippen LogP contribution is 2.25. The molecule has 0 spiro atoms. The summed E-state index contributed by atoms with van der Waals surface area (Å²) in [6.07, 6.45) is 0.841. The van der Waals surface area contributed by atoms with E-state index in [2.05, 4.69) is 49.4 Å². The highest BCUT2D eigenvalue weighted by atomic mass is 16.5. The van der Waals surface area contributed by atoms with E-state index in [-0.39, 0.29) is 5.69 Å². The number of benzene rings is 2. The van der Waals surface area contributed by atoms with Gasteiger partial charge in [-0.3, -0.25) is 0 Å². The van der Waals surface area contributed by atoms with Gasteiger partial charge in [-0.15, -0.1) is 0 Å². The number of aryl methyl sites for hydroxylation is 5. The van der Waals surface area contributed by atoms with Crippen LogP contribution in [0.3, 0.4) is 0 Å². The number of nitrogens with zero attached hydrogens (tertiary/aromatic N) is 4. The number of aromatic nitrogens is 4. The Morgan fingerprint density at radius 3 is 2.42 bits per heavy atom. The van der Waals surface area contributed by atoms with Gasteiger partial charge in [-0.25, -0.2) is 4.79 Å². The Bertz CT molecular complexity index is 1000. The lowest BCUT2D eigenvalue weighted by Gasteiger charge is -2.16. The van der Waals surface area contributed by atoms with Gasteiger partial charge in [0.1, 0.15) is 12.4 Å². The molecule has 0 fully saturated rings. The van der Waals surface area contributed by atoms with Gasteiger partial charge in [0, 0.05) is 12.6 Å². The van der Waals surface area contributed by atoms with Crippen LogP contribution in [0, 0.1) is 20.8 Å². The van der Waals surface area contributed by atoms with Crippen molar-refractivity contribution in [1.29, 1.82) is 0 Å². The average Bonchev–Trinajstić information content (AvgIpc) is 2.95.